The molecule has 0 spiro atoms. The summed E-state index contributed by atoms with van der Waals surface area (Å²) in [5, 5.41) is 13.1. The number of hydrogen-bond acceptors (Lipinski definition) is 6. The monoisotopic (exact) mass is 463 g/mol. The molecule has 7 nitrogen and oxygen atoms in total. The van der Waals surface area contributed by atoms with Gasteiger partial charge < -0.3 is 20.3 Å². The summed E-state index contributed by atoms with van der Waals surface area (Å²) >= 11 is 0. The van der Waals surface area contributed by atoms with Gasteiger partial charge in [-0.1, -0.05) is 6.07 Å². The lowest BCUT2D eigenvalue weighted by molar-refractivity contribution is 0.145. The van der Waals surface area contributed by atoms with Crippen molar-refractivity contribution in [1.29, 1.82) is 0 Å². The Hall–Kier alpha value is -3.85. The van der Waals surface area contributed by atoms with Gasteiger partial charge in [0, 0.05) is 19.3 Å². The van der Waals surface area contributed by atoms with E-state index >= 15 is 0 Å². The van der Waals surface area contributed by atoms with Gasteiger partial charge in [-0.15, -0.1) is 0 Å². The van der Waals surface area contributed by atoms with Gasteiger partial charge in [-0.3, -0.25) is 4.79 Å². The number of anilines is 3. The van der Waals surface area contributed by atoms with Crippen molar-refractivity contribution < 1.29 is 13.9 Å². The predicted octanol–water partition coefficient (Wildman–Crippen LogP) is 4.28. The summed E-state index contributed by atoms with van der Waals surface area (Å²) in [6.45, 7) is 3.26. The average molecular weight is 463 g/mol. The van der Waals surface area contributed by atoms with Gasteiger partial charge >= 0.3 is 0 Å². The molecule has 0 aliphatic carbocycles. The Morgan fingerprint density at radius 1 is 1.15 bits per heavy atom. The van der Waals surface area contributed by atoms with Crippen LogP contribution in [0.15, 0.2) is 53.6 Å². The second-order valence-electron chi connectivity index (χ2n) is 8.42. The second kappa shape index (κ2) is 8.83. The molecule has 1 aliphatic heterocycles. The van der Waals surface area contributed by atoms with Gasteiger partial charge in [0.1, 0.15) is 17.5 Å². The maximum Gasteiger partial charge on any atom is 0.259 e. The fourth-order valence-electron chi connectivity index (χ4n) is 4.25. The van der Waals surface area contributed by atoms with Crippen molar-refractivity contribution in [3.8, 4) is 11.3 Å². The zero-order valence-corrected chi connectivity index (χ0v) is 18.5. The van der Waals surface area contributed by atoms with E-state index in [0.29, 0.717) is 35.4 Å². The number of H-pyrrole nitrogens is 1. The number of rotatable bonds is 4. The van der Waals surface area contributed by atoms with Gasteiger partial charge in [0.05, 0.1) is 45.8 Å². The van der Waals surface area contributed by atoms with Crippen molar-refractivity contribution in [2.45, 2.75) is 25.9 Å². The van der Waals surface area contributed by atoms with E-state index in [2.05, 4.69) is 25.2 Å². The number of nitrogens with zero attached hydrogens (tertiary/aromatic N) is 3. The topological polar surface area (TPSA) is 94.1 Å². The van der Waals surface area contributed by atoms with Crippen LogP contribution >= 0.6 is 0 Å². The lowest BCUT2D eigenvalue weighted by atomic mass is 10.1. The van der Waals surface area contributed by atoms with Crippen molar-refractivity contribution in [1.82, 2.24) is 15.0 Å². The number of hydrogen-bond donors (Lipinski definition) is 3. The predicted molar refractivity (Wildman–Crippen MR) is 127 cm³/mol. The molecule has 0 radical (unpaired) electrons. The Balaban J connectivity index is 1.56. The minimum absolute atomic E-state index is 0.0720. The Kier molecular flexibility index (Phi) is 5.70. The highest BCUT2D eigenvalue weighted by molar-refractivity contribution is 5.96. The number of halogens is 2. The van der Waals surface area contributed by atoms with Crippen LogP contribution in [0.4, 0.5) is 26.0 Å². The highest BCUT2D eigenvalue weighted by Gasteiger charge is 2.19. The summed E-state index contributed by atoms with van der Waals surface area (Å²) < 4.78 is 29.0. The van der Waals surface area contributed by atoms with E-state index < -0.39 is 11.6 Å². The summed E-state index contributed by atoms with van der Waals surface area (Å²) in [6.07, 6.45) is 4.39. The number of aliphatic hydroxyl groups is 1. The fraction of sp³-hybridized carbons (Fsp3) is 0.240. The molecule has 9 heteroatoms. The minimum Gasteiger partial charge on any atom is -0.393 e. The van der Waals surface area contributed by atoms with Crippen molar-refractivity contribution >= 4 is 28.1 Å². The molecular weight excluding hydrogens is 440 g/mol. The highest BCUT2D eigenvalue weighted by Crippen LogP contribution is 2.32. The Morgan fingerprint density at radius 2 is 1.88 bits per heavy atom. The summed E-state index contributed by atoms with van der Waals surface area (Å²) in [5.74, 6) is -1.02. The summed E-state index contributed by atoms with van der Waals surface area (Å²) in [7, 11) is 0. The van der Waals surface area contributed by atoms with E-state index in [1.807, 2.05) is 6.07 Å². The molecule has 3 aromatic heterocycles. The van der Waals surface area contributed by atoms with E-state index in [1.54, 1.807) is 19.2 Å². The van der Waals surface area contributed by atoms with Crippen LogP contribution in [-0.2, 0) is 0 Å². The quantitative estimate of drug-likeness (QED) is 0.418. The number of aryl methyl sites for hydroxylation is 1. The van der Waals surface area contributed by atoms with Crippen LogP contribution in [0.3, 0.4) is 0 Å². The number of aliphatic hydroxyl groups excluding tert-OH is 1. The first-order chi connectivity index (χ1) is 16.4. The first-order valence-electron chi connectivity index (χ1n) is 11.0. The molecule has 5 rings (SSSR count). The standard InChI is InChI=1S/C25H23F2N5O2/c1-14-12-29-25(34)23-20(11-19(31-24(14)23)22-17(26)3-2-4-18(22)27)30-21-6-5-15(13-28-21)32-9-7-16(33)8-10-32/h2-6,11-13,16,33H,7-10H2,1H3,(H,29,34)(H,28,30,31). The molecule has 1 aromatic carbocycles. The zero-order chi connectivity index (χ0) is 23.8. The van der Waals surface area contributed by atoms with Crippen LogP contribution in [0.2, 0.25) is 0 Å². The molecule has 1 saturated heterocycles. The first kappa shape index (κ1) is 22.0. The molecule has 0 amide bonds. The van der Waals surface area contributed by atoms with Crippen LogP contribution in [0.1, 0.15) is 18.4 Å². The third-order valence-corrected chi connectivity index (χ3v) is 6.10. The van der Waals surface area contributed by atoms with Gasteiger partial charge in [-0.05, 0) is 55.7 Å². The molecule has 0 saturated carbocycles. The van der Waals surface area contributed by atoms with Crippen LogP contribution < -0.4 is 15.8 Å². The molecule has 3 N–H and O–H groups in total. The molecule has 1 aliphatic rings. The van der Waals surface area contributed by atoms with Crippen LogP contribution in [0.25, 0.3) is 22.2 Å². The maximum atomic E-state index is 14.5. The van der Waals surface area contributed by atoms with Crippen molar-refractivity contribution in [2.24, 2.45) is 0 Å². The Bertz CT molecular complexity index is 1390. The van der Waals surface area contributed by atoms with Crippen molar-refractivity contribution in [3.63, 3.8) is 0 Å². The van der Waals surface area contributed by atoms with E-state index in [-0.39, 0.29) is 28.3 Å². The molecule has 4 aromatic rings. The first-order valence-corrected chi connectivity index (χ1v) is 11.0. The van der Waals surface area contributed by atoms with Gasteiger partial charge in [-0.25, -0.2) is 18.7 Å². The van der Waals surface area contributed by atoms with Gasteiger partial charge in [0.25, 0.3) is 5.56 Å². The summed E-state index contributed by atoms with van der Waals surface area (Å²) in [6, 6.07) is 8.77. The molecule has 4 heterocycles. The number of benzene rings is 1. The minimum atomic E-state index is -0.741. The van der Waals surface area contributed by atoms with Crippen molar-refractivity contribution in [3.05, 3.63) is 76.3 Å². The number of nitrogens with one attached hydrogen (secondary N) is 2. The third-order valence-electron chi connectivity index (χ3n) is 6.10. The molecule has 0 unspecified atom stereocenters. The lowest BCUT2D eigenvalue weighted by Crippen LogP contribution is -2.35. The van der Waals surface area contributed by atoms with Gasteiger partial charge in [0.15, 0.2) is 0 Å². The van der Waals surface area contributed by atoms with Crippen LogP contribution in [0.5, 0.6) is 0 Å². The molecule has 0 atom stereocenters. The van der Waals surface area contributed by atoms with E-state index in [9.17, 15) is 18.7 Å². The van der Waals surface area contributed by atoms with Gasteiger partial charge in [0.2, 0.25) is 0 Å². The number of fused-ring (bicyclic) bond motifs is 1. The second-order valence-corrected chi connectivity index (χ2v) is 8.42. The summed E-state index contributed by atoms with van der Waals surface area (Å²) in [5.41, 5.74) is 1.71. The van der Waals surface area contributed by atoms with Crippen LogP contribution in [0, 0.1) is 18.6 Å². The number of aromatic amines is 1. The van der Waals surface area contributed by atoms with E-state index in [0.717, 1.165) is 18.8 Å². The fourth-order valence-corrected chi connectivity index (χ4v) is 4.25. The van der Waals surface area contributed by atoms with Gasteiger partial charge in [-0.2, -0.15) is 0 Å². The Morgan fingerprint density at radius 3 is 2.56 bits per heavy atom. The average Bonchev–Trinajstić information content (AvgIpc) is 2.82. The molecule has 0 bridgehead atoms. The molecule has 1 fully saturated rings. The zero-order valence-electron chi connectivity index (χ0n) is 18.5. The molecular formula is C25H23F2N5O2. The maximum absolute atomic E-state index is 14.5. The SMILES string of the molecule is Cc1c[nH]c(=O)c2c(Nc3ccc(N4CCC(O)CC4)cn3)cc(-c3c(F)cccc3F)nc12. The normalized spacial score (nSPS) is 14.5. The van der Waals surface area contributed by atoms with E-state index in [1.165, 1.54) is 30.5 Å². The highest BCUT2D eigenvalue weighted by atomic mass is 19.1. The lowest BCUT2D eigenvalue weighted by Gasteiger charge is -2.31. The smallest absolute Gasteiger partial charge is 0.259 e. The molecule has 34 heavy (non-hydrogen) atoms. The summed E-state index contributed by atoms with van der Waals surface area (Å²) in [4.78, 5) is 26.4. The number of pyridine rings is 3. The molecule has 174 valence electrons. The number of piperidine rings is 1. The van der Waals surface area contributed by atoms with Crippen molar-refractivity contribution in [2.75, 3.05) is 23.3 Å². The van der Waals surface area contributed by atoms with E-state index in [4.69, 9.17) is 0 Å². The van der Waals surface area contributed by atoms with Crippen LogP contribution in [-0.4, -0.2) is 39.3 Å². The number of aromatic nitrogens is 3. The third kappa shape index (κ3) is 4.10. The Labute approximate surface area is 194 Å². The largest absolute Gasteiger partial charge is 0.393 e.